The molecule has 1 saturated heterocycles. The molecule has 1 aromatic rings. The average Bonchev–Trinajstić information content (AvgIpc) is 2.37. The largest absolute Gasteiger partial charge is 0.417 e. The first kappa shape index (κ1) is 14.9. The number of carbonyl (C=O) groups is 1. The minimum atomic E-state index is -4.49. The van der Waals surface area contributed by atoms with E-state index in [0.29, 0.717) is 13.1 Å². The molecule has 2 rings (SSSR count). The van der Waals surface area contributed by atoms with E-state index in [2.05, 4.69) is 0 Å². The van der Waals surface area contributed by atoms with Gasteiger partial charge in [-0.3, -0.25) is 4.79 Å². The fraction of sp³-hybridized carbons (Fsp3) is 0.533. The summed E-state index contributed by atoms with van der Waals surface area (Å²) in [6.45, 7) is 1.09. The number of hydrogen-bond donors (Lipinski definition) is 0. The second-order valence-corrected chi connectivity index (χ2v) is 5.10. The fourth-order valence-corrected chi connectivity index (χ4v) is 2.54. The number of likely N-dealkylation sites (tertiary alicyclic amines) is 1. The molecule has 20 heavy (non-hydrogen) atoms. The van der Waals surface area contributed by atoms with Crippen molar-refractivity contribution in [3.8, 4) is 0 Å². The Morgan fingerprint density at radius 2 is 1.50 bits per heavy atom. The summed E-state index contributed by atoms with van der Waals surface area (Å²) in [5.74, 6) is -0.500. The SMILES string of the molecule is O=C(c1ccccc1C(F)(F)F)N1CCCCCCC1. The maximum absolute atomic E-state index is 13.0. The van der Waals surface area contributed by atoms with E-state index in [4.69, 9.17) is 0 Å². The molecule has 110 valence electrons. The Morgan fingerprint density at radius 1 is 0.950 bits per heavy atom. The Labute approximate surface area is 116 Å². The van der Waals surface area contributed by atoms with Crippen molar-refractivity contribution in [2.24, 2.45) is 0 Å². The highest BCUT2D eigenvalue weighted by atomic mass is 19.4. The van der Waals surface area contributed by atoms with E-state index in [9.17, 15) is 18.0 Å². The zero-order chi connectivity index (χ0) is 14.6. The molecule has 1 aromatic carbocycles. The standard InChI is InChI=1S/C15H18F3NO/c16-15(17,18)13-9-5-4-8-12(13)14(20)19-10-6-2-1-3-7-11-19/h4-5,8-9H,1-3,6-7,10-11H2. The van der Waals surface area contributed by atoms with Crippen molar-refractivity contribution in [1.29, 1.82) is 0 Å². The van der Waals surface area contributed by atoms with Crippen LogP contribution in [0.25, 0.3) is 0 Å². The lowest BCUT2D eigenvalue weighted by molar-refractivity contribution is -0.138. The Kier molecular flexibility index (Phi) is 4.68. The van der Waals surface area contributed by atoms with Crippen LogP contribution in [0.1, 0.15) is 48.0 Å². The predicted octanol–water partition coefficient (Wildman–Crippen LogP) is 4.11. The van der Waals surface area contributed by atoms with Crippen LogP contribution in [0.4, 0.5) is 13.2 Å². The monoisotopic (exact) mass is 285 g/mol. The van der Waals surface area contributed by atoms with Gasteiger partial charge in [-0.15, -0.1) is 0 Å². The van der Waals surface area contributed by atoms with E-state index in [1.807, 2.05) is 0 Å². The van der Waals surface area contributed by atoms with Gasteiger partial charge in [0, 0.05) is 13.1 Å². The molecule has 1 aliphatic rings. The molecule has 1 amide bonds. The Balaban J connectivity index is 2.23. The predicted molar refractivity (Wildman–Crippen MR) is 70.4 cm³/mol. The molecule has 0 radical (unpaired) electrons. The van der Waals surface area contributed by atoms with Crippen LogP contribution in [0, 0.1) is 0 Å². The number of amides is 1. The number of carbonyl (C=O) groups excluding carboxylic acids is 1. The first-order chi connectivity index (χ1) is 9.50. The summed E-state index contributed by atoms with van der Waals surface area (Å²) in [4.78, 5) is 13.9. The van der Waals surface area contributed by atoms with E-state index in [-0.39, 0.29) is 5.56 Å². The van der Waals surface area contributed by atoms with Crippen molar-refractivity contribution in [1.82, 2.24) is 4.90 Å². The summed E-state index contributed by atoms with van der Waals surface area (Å²) >= 11 is 0. The maximum atomic E-state index is 13.0. The first-order valence-corrected chi connectivity index (χ1v) is 6.95. The summed E-state index contributed by atoms with van der Waals surface area (Å²) in [6, 6.07) is 5.03. The zero-order valence-electron chi connectivity index (χ0n) is 11.2. The van der Waals surface area contributed by atoms with Crippen molar-refractivity contribution in [2.75, 3.05) is 13.1 Å². The molecule has 1 fully saturated rings. The van der Waals surface area contributed by atoms with Crippen LogP contribution in [-0.4, -0.2) is 23.9 Å². The van der Waals surface area contributed by atoms with Crippen molar-refractivity contribution in [3.05, 3.63) is 35.4 Å². The van der Waals surface area contributed by atoms with E-state index in [0.717, 1.165) is 38.2 Å². The van der Waals surface area contributed by atoms with Gasteiger partial charge in [0.25, 0.3) is 5.91 Å². The van der Waals surface area contributed by atoms with Gasteiger partial charge >= 0.3 is 6.18 Å². The molecular formula is C15H18F3NO. The topological polar surface area (TPSA) is 20.3 Å². The molecule has 0 saturated carbocycles. The zero-order valence-corrected chi connectivity index (χ0v) is 11.2. The van der Waals surface area contributed by atoms with Crippen molar-refractivity contribution >= 4 is 5.91 Å². The molecule has 5 heteroatoms. The van der Waals surface area contributed by atoms with E-state index >= 15 is 0 Å². The van der Waals surface area contributed by atoms with Gasteiger partial charge in [0.15, 0.2) is 0 Å². The molecule has 0 spiro atoms. The van der Waals surface area contributed by atoms with Crippen LogP contribution in [0.3, 0.4) is 0 Å². The highest BCUT2D eigenvalue weighted by Gasteiger charge is 2.35. The van der Waals surface area contributed by atoms with Crippen LogP contribution < -0.4 is 0 Å². The van der Waals surface area contributed by atoms with Gasteiger partial charge in [-0.1, -0.05) is 31.4 Å². The molecular weight excluding hydrogens is 267 g/mol. The molecule has 0 atom stereocenters. The summed E-state index contributed by atoms with van der Waals surface area (Å²) in [5.41, 5.74) is -1.08. The average molecular weight is 285 g/mol. The lowest BCUT2D eigenvalue weighted by Gasteiger charge is -2.26. The van der Waals surface area contributed by atoms with E-state index in [1.54, 1.807) is 4.90 Å². The van der Waals surface area contributed by atoms with E-state index < -0.39 is 17.6 Å². The first-order valence-electron chi connectivity index (χ1n) is 6.95. The third-order valence-electron chi connectivity index (χ3n) is 3.61. The lowest BCUT2D eigenvalue weighted by Crippen LogP contribution is -2.35. The van der Waals surface area contributed by atoms with Crippen LogP contribution in [-0.2, 0) is 6.18 Å². The molecule has 1 heterocycles. The lowest BCUT2D eigenvalue weighted by atomic mass is 10.0. The number of alkyl halides is 3. The van der Waals surface area contributed by atoms with Crippen LogP contribution in [0.2, 0.25) is 0 Å². The van der Waals surface area contributed by atoms with Crippen molar-refractivity contribution < 1.29 is 18.0 Å². The van der Waals surface area contributed by atoms with Gasteiger partial charge in [0.05, 0.1) is 11.1 Å². The van der Waals surface area contributed by atoms with Gasteiger partial charge in [-0.2, -0.15) is 13.2 Å². The molecule has 0 aliphatic carbocycles. The third-order valence-corrected chi connectivity index (χ3v) is 3.61. The van der Waals surface area contributed by atoms with Gasteiger partial charge in [0.1, 0.15) is 0 Å². The van der Waals surface area contributed by atoms with Gasteiger partial charge < -0.3 is 4.90 Å². The third kappa shape index (κ3) is 3.52. The molecule has 2 nitrogen and oxygen atoms in total. The quantitative estimate of drug-likeness (QED) is 0.760. The van der Waals surface area contributed by atoms with Gasteiger partial charge in [-0.05, 0) is 25.0 Å². The summed E-state index contributed by atoms with van der Waals surface area (Å²) in [7, 11) is 0. The highest BCUT2D eigenvalue weighted by Crippen LogP contribution is 2.32. The second kappa shape index (κ2) is 6.29. The smallest absolute Gasteiger partial charge is 0.339 e. The molecule has 0 N–H and O–H groups in total. The normalized spacial score (nSPS) is 17.4. The Hall–Kier alpha value is -1.52. The van der Waals surface area contributed by atoms with Gasteiger partial charge in [-0.25, -0.2) is 0 Å². The van der Waals surface area contributed by atoms with Crippen LogP contribution in [0.15, 0.2) is 24.3 Å². The molecule has 0 unspecified atom stereocenters. The minimum absolute atomic E-state index is 0.236. The molecule has 1 aliphatic heterocycles. The van der Waals surface area contributed by atoms with Crippen LogP contribution in [0.5, 0.6) is 0 Å². The number of hydrogen-bond acceptors (Lipinski definition) is 1. The Bertz CT molecular complexity index is 462. The summed E-state index contributed by atoms with van der Waals surface area (Å²) < 4.78 is 38.9. The number of benzene rings is 1. The van der Waals surface area contributed by atoms with E-state index in [1.165, 1.54) is 18.2 Å². The van der Waals surface area contributed by atoms with Crippen molar-refractivity contribution in [3.63, 3.8) is 0 Å². The summed E-state index contributed by atoms with van der Waals surface area (Å²) in [5, 5.41) is 0. The number of rotatable bonds is 1. The minimum Gasteiger partial charge on any atom is -0.339 e. The summed E-state index contributed by atoms with van der Waals surface area (Å²) in [6.07, 6.45) is 0.436. The molecule has 0 bridgehead atoms. The Morgan fingerprint density at radius 3 is 2.10 bits per heavy atom. The second-order valence-electron chi connectivity index (χ2n) is 5.10. The van der Waals surface area contributed by atoms with Gasteiger partial charge in [0.2, 0.25) is 0 Å². The number of nitrogens with zero attached hydrogens (tertiary/aromatic N) is 1. The number of halogens is 3. The molecule has 0 aromatic heterocycles. The highest BCUT2D eigenvalue weighted by molar-refractivity contribution is 5.95. The maximum Gasteiger partial charge on any atom is 0.417 e. The van der Waals surface area contributed by atoms with Crippen LogP contribution >= 0.6 is 0 Å². The van der Waals surface area contributed by atoms with Crippen molar-refractivity contribution in [2.45, 2.75) is 38.3 Å². The fourth-order valence-electron chi connectivity index (χ4n) is 2.54.